The largest absolute Gasteiger partial charge is 0.302 e. The second kappa shape index (κ2) is 8.41. The van der Waals surface area contributed by atoms with Gasteiger partial charge in [0.1, 0.15) is 0 Å². The number of rotatable bonds is 6. The summed E-state index contributed by atoms with van der Waals surface area (Å²) < 4.78 is 1.02. The Bertz CT molecular complexity index is 894. The molecule has 0 aliphatic heterocycles. The van der Waals surface area contributed by atoms with Crippen LogP contribution in [0.1, 0.15) is 18.4 Å². The van der Waals surface area contributed by atoms with E-state index in [2.05, 4.69) is 10.3 Å². The van der Waals surface area contributed by atoms with E-state index in [0.29, 0.717) is 16.6 Å². The second-order valence-corrected chi connectivity index (χ2v) is 8.53. The number of hydrogen-bond acceptors (Lipinski definition) is 4. The van der Waals surface area contributed by atoms with E-state index in [4.69, 9.17) is 23.2 Å². The average Bonchev–Trinajstić information content (AvgIpc) is 3.00. The number of carbonyl (C=O) groups is 1. The average molecular weight is 411 g/mol. The van der Waals surface area contributed by atoms with Gasteiger partial charge in [0.15, 0.2) is 5.13 Å². The lowest BCUT2D eigenvalue weighted by atomic mass is 10.2. The Kier molecular flexibility index (Phi) is 6.23. The highest BCUT2D eigenvalue weighted by Gasteiger charge is 2.11. The fraction of sp³-hybridized carbons (Fsp3) is 0.222. The molecule has 7 heteroatoms. The predicted molar refractivity (Wildman–Crippen MR) is 109 cm³/mol. The number of halogens is 2. The second-order valence-electron chi connectivity index (χ2n) is 5.49. The van der Waals surface area contributed by atoms with Gasteiger partial charge in [-0.05, 0) is 61.1 Å². The van der Waals surface area contributed by atoms with Crippen LogP contribution < -0.4 is 5.32 Å². The van der Waals surface area contributed by atoms with Gasteiger partial charge >= 0.3 is 0 Å². The fourth-order valence-electron chi connectivity index (χ4n) is 2.29. The van der Waals surface area contributed by atoms with Crippen molar-refractivity contribution in [3.63, 3.8) is 0 Å². The molecule has 1 amide bonds. The standard InChI is InChI=1S/C18H16Cl2N2OS2/c1-11-14(20)8-9-15-17(11)22-18(25-15)21-16(23)3-2-10-24-13-6-4-12(19)5-7-13/h4-9H,2-3,10H2,1H3,(H,21,22,23). The number of nitrogens with one attached hydrogen (secondary N) is 1. The molecule has 0 saturated carbocycles. The molecule has 0 aliphatic rings. The van der Waals surface area contributed by atoms with E-state index in [1.807, 2.05) is 43.3 Å². The summed E-state index contributed by atoms with van der Waals surface area (Å²) in [7, 11) is 0. The van der Waals surface area contributed by atoms with Crippen molar-refractivity contribution >= 4 is 67.6 Å². The SMILES string of the molecule is Cc1c(Cl)ccc2sc(NC(=O)CCCSc3ccc(Cl)cc3)nc12. The smallest absolute Gasteiger partial charge is 0.226 e. The number of nitrogens with zero attached hydrogens (tertiary/aromatic N) is 1. The van der Waals surface area contributed by atoms with E-state index >= 15 is 0 Å². The zero-order valence-electron chi connectivity index (χ0n) is 13.5. The van der Waals surface area contributed by atoms with Crippen LogP contribution in [0.25, 0.3) is 10.2 Å². The third-order valence-corrected chi connectivity index (χ3v) is 6.32. The molecule has 0 bridgehead atoms. The van der Waals surface area contributed by atoms with E-state index < -0.39 is 0 Å². The van der Waals surface area contributed by atoms with Crippen molar-refractivity contribution in [3.8, 4) is 0 Å². The summed E-state index contributed by atoms with van der Waals surface area (Å²) in [4.78, 5) is 17.7. The molecular weight excluding hydrogens is 395 g/mol. The molecule has 0 unspecified atom stereocenters. The number of amides is 1. The van der Waals surface area contributed by atoms with Gasteiger partial charge < -0.3 is 5.32 Å². The summed E-state index contributed by atoms with van der Waals surface area (Å²) in [5, 5.41) is 4.93. The van der Waals surface area contributed by atoms with Crippen molar-refractivity contribution in [3.05, 3.63) is 52.0 Å². The molecule has 0 spiro atoms. The highest BCUT2D eigenvalue weighted by Crippen LogP contribution is 2.31. The molecule has 3 aromatic rings. The monoisotopic (exact) mass is 410 g/mol. The maximum absolute atomic E-state index is 12.1. The zero-order valence-corrected chi connectivity index (χ0v) is 16.7. The number of aryl methyl sites for hydroxylation is 1. The predicted octanol–water partition coefficient (Wildman–Crippen LogP) is 6.42. The molecule has 0 aliphatic carbocycles. The van der Waals surface area contributed by atoms with Crippen molar-refractivity contribution in [2.24, 2.45) is 0 Å². The molecule has 0 fully saturated rings. The number of aromatic nitrogens is 1. The highest BCUT2D eigenvalue weighted by atomic mass is 35.5. The topological polar surface area (TPSA) is 42.0 Å². The van der Waals surface area contributed by atoms with Crippen LogP contribution in [0, 0.1) is 6.92 Å². The van der Waals surface area contributed by atoms with Crippen LogP contribution in [0.3, 0.4) is 0 Å². The van der Waals surface area contributed by atoms with Gasteiger partial charge in [0, 0.05) is 21.4 Å². The Morgan fingerprint density at radius 1 is 1.20 bits per heavy atom. The Balaban J connectivity index is 1.49. The summed E-state index contributed by atoms with van der Waals surface area (Å²) in [5.41, 5.74) is 1.79. The molecule has 3 nitrogen and oxygen atoms in total. The molecule has 1 aromatic heterocycles. The van der Waals surface area contributed by atoms with Crippen LogP contribution in [-0.2, 0) is 4.79 Å². The van der Waals surface area contributed by atoms with E-state index in [-0.39, 0.29) is 5.91 Å². The van der Waals surface area contributed by atoms with E-state index in [0.717, 1.165) is 37.9 Å². The van der Waals surface area contributed by atoms with Crippen LogP contribution >= 0.6 is 46.3 Å². The van der Waals surface area contributed by atoms with E-state index in [1.54, 1.807) is 11.8 Å². The van der Waals surface area contributed by atoms with Crippen LogP contribution in [0.2, 0.25) is 10.0 Å². The molecule has 130 valence electrons. The molecular formula is C18H16Cl2N2OS2. The Morgan fingerprint density at radius 3 is 2.72 bits per heavy atom. The summed E-state index contributed by atoms with van der Waals surface area (Å²) in [6, 6.07) is 11.5. The quantitative estimate of drug-likeness (QED) is 0.376. The first-order valence-corrected chi connectivity index (χ1v) is 10.3. The normalized spacial score (nSPS) is 11.0. The molecule has 0 atom stereocenters. The zero-order chi connectivity index (χ0) is 17.8. The Morgan fingerprint density at radius 2 is 1.96 bits per heavy atom. The van der Waals surface area contributed by atoms with Crippen LogP contribution in [-0.4, -0.2) is 16.6 Å². The lowest BCUT2D eigenvalue weighted by molar-refractivity contribution is -0.116. The van der Waals surface area contributed by atoms with Gasteiger partial charge in [-0.2, -0.15) is 0 Å². The summed E-state index contributed by atoms with van der Waals surface area (Å²) in [6.07, 6.45) is 1.27. The Hall–Kier alpha value is -1.27. The molecule has 1 heterocycles. The first-order chi connectivity index (χ1) is 12.0. The third-order valence-electron chi connectivity index (χ3n) is 3.62. The van der Waals surface area contributed by atoms with Gasteiger partial charge in [0.2, 0.25) is 5.91 Å². The number of benzene rings is 2. The van der Waals surface area contributed by atoms with Crippen LogP contribution in [0.5, 0.6) is 0 Å². The first kappa shape index (κ1) is 18.5. The lowest BCUT2D eigenvalue weighted by Crippen LogP contribution is -2.11. The van der Waals surface area contributed by atoms with Gasteiger partial charge in [-0.1, -0.05) is 34.5 Å². The fourth-order valence-corrected chi connectivity index (χ4v) is 4.36. The molecule has 0 saturated heterocycles. The van der Waals surface area contributed by atoms with E-state index in [1.165, 1.54) is 11.3 Å². The number of carbonyl (C=O) groups excluding carboxylic acids is 1. The number of hydrogen-bond donors (Lipinski definition) is 1. The molecule has 1 N–H and O–H groups in total. The summed E-state index contributed by atoms with van der Waals surface area (Å²) in [5.74, 6) is 0.864. The minimum Gasteiger partial charge on any atom is -0.302 e. The van der Waals surface area contributed by atoms with Crippen molar-refractivity contribution in [2.45, 2.75) is 24.7 Å². The number of thiazole rings is 1. The minimum absolute atomic E-state index is 0.0143. The lowest BCUT2D eigenvalue weighted by Gasteiger charge is -2.03. The molecule has 3 rings (SSSR count). The first-order valence-electron chi connectivity index (χ1n) is 7.77. The van der Waals surface area contributed by atoms with Crippen molar-refractivity contribution in [1.82, 2.24) is 4.98 Å². The van der Waals surface area contributed by atoms with Gasteiger partial charge in [-0.25, -0.2) is 4.98 Å². The number of thioether (sulfide) groups is 1. The third kappa shape index (κ3) is 4.88. The maximum atomic E-state index is 12.1. The number of anilines is 1. The molecule has 25 heavy (non-hydrogen) atoms. The summed E-state index contributed by atoms with van der Waals surface area (Å²) >= 11 is 15.2. The van der Waals surface area contributed by atoms with Gasteiger partial charge in [0.05, 0.1) is 10.2 Å². The van der Waals surface area contributed by atoms with Gasteiger partial charge in [0.25, 0.3) is 0 Å². The number of fused-ring (bicyclic) bond motifs is 1. The molecule has 0 radical (unpaired) electrons. The van der Waals surface area contributed by atoms with Crippen molar-refractivity contribution in [2.75, 3.05) is 11.1 Å². The van der Waals surface area contributed by atoms with Crippen molar-refractivity contribution < 1.29 is 4.79 Å². The van der Waals surface area contributed by atoms with Gasteiger partial charge in [-0.3, -0.25) is 4.79 Å². The van der Waals surface area contributed by atoms with Crippen LogP contribution in [0.15, 0.2) is 41.3 Å². The maximum Gasteiger partial charge on any atom is 0.226 e. The van der Waals surface area contributed by atoms with E-state index in [9.17, 15) is 4.79 Å². The minimum atomic E-state index is -0.0143. The highest BCUT2D eigenvalue weighted by molar-refractivity contribution is 7.99. The summed E-state index contributed by atoms with van der Waals surface area (Å²) in [6.45, 7) is 1.93. The van der Waals surface area contributed by atoms with Gasteiger partial charge in [-0.15, -0.1) is 11.8 Å². The molecule has 2 aromatic carbocycles. The Labute approximate surface area is 164 Å². The van der Waals surface area contributed by atoms with Crippen molar-refractivity contribution in [1.29, 1.82) is 0 Å². The van der Waals surface area contributed by atoms with Crippen LogP contribution in [0.4, 0.5) is 5.13 Å².